The number of hydrogen-bond donors (Lipinski definition) is 2. The maximum absolute atomic E-state index is 14.4. The van der Waals surface area contributed by atoms with Crippen LogP contribution in [0.15, 0.2) is 42.5 Å². The van der Waals surface area contributed by atoms with Gasteiger partial charge in [0.1, 0.15) is 11.6 Å². The van der Waals surface area contributed by atoms with Crippen molar-refractivity contribution in [3.05, 3.63) is 53.8 Å². The number of methoxy groups -OCH3 is 2. The maximum Gasteiger partial charge on any atom is 0.331 e. The summed E-state index contributed by atoms with van der Waals surface area (Å²) < 4.78 is 24.3. The molecule has 6 nitrogen and oxygen atoms in total. The topological polar surface area (TPSA) is 84.9 Å². The van der Waals surface area contributed by atoms with Crippen molar-refractivity contribution in [2.75, 3.05) is 20.8 Å². The van der Waals surface area contributed by atoms with Crippen LogP contribution < -0.4 is 10.1 Å². The number of rotatable bonds is 7. The van der Waals surface area contributed by atoms with Crippen molar-refractivity contribution >= 4 is 11.9 Å². The number of hydrogen-bond acceptors (Lipinski definition) is 4. The first kappa shape index (κ1) is 19.4. The fraction of sp³-hybridized carbons (Fsp3) is 0.263. The molecule has 1 amide bonds. The van der Waals surface area contributed by atoms with Gasteiger partial charge in [-0.3, -0.25) is 4.79 Å². The van der Waals surface area contributed by atoms with Gasteiger partial charge >= 0.3 is 5.97 Å². The first-order valence-electron chi connectivity index (χ1n) is 7.79. The Balaban J connectivity index is 2.25. The van der Waals surface area contributed by atoms with E-state index in [-0.39, 0.29) is 12.2 Å². The van der Waals surface area contributed by atoms with Crippen molar-refractivity contribution < 1.29 is 28.6 Å². The largest absolute Gasteiger partial charge is 0.497 e. The summed E-state index contributed by atoms with van der Waals surface area (Å²) in [4.78, 5) is 23.7. The van der Waals surface area contributed by atoms with Crippen LogP contribution in [0.2, 0.25) is 0 Å². The number of carbonyl (C=O) groups excluding carboxylic acids is 1. The highest BCUT2D eigenvalue weighted by molar-refractivity contribution is 5.98. The monoisotopic (exact) mass is 361 g/mol. The molecule has 0 saturated carbocycles. The highest BCUT2D eigenvalue weighted by Crippen LogP contribution is 2.24. The zero-order chi connectivity index (χ0) is 19.3. The highest BCUT2D eigenvalue weighted by atomic mass is 19.1. The minimum absolute atomic E-state index is 0.245. The molecule has 2 rings (SSSR count). The predicted octanol–water partition coefficient (Wildman–Crippen LogP) is 2.72. The van der Waals surface area contributed by atoms with Gasteiger partial charge < -0.3 is 19.9 Å². The van der Waals surface area contributed by atoms with Gasteiger partial charge in [0.15, 0.2) is 5.54 Å². The summed E-state index contributed by atoms with van der Waals surface area (Å²) in [5, 5.41) is 11.6. The van der Waals surface area contributed by atoms with E-state index < -0.39 is 23.2 Å². The van der Waals surface area contributed by atoms with Crippen LogP contribution in [0.5, 0.6) is 5.75 Å². The molecule has 138 valence electrons. The van der Waals surface area contributed by atoms with E-state index in [1.807, 2.05) is 0 Å². The van der Waals surface area contributed by atoms with Gasteiger partial charge in [-0.25, -0.2) is 9.18 Å². The lowest BCUT2D eigenvalue weighted by molar-refractivity contribution is -0.145. The molecule has 0 radical (unpaired) electrons. The molecule has 0 heterocycles. The first-order chi connectivity index (χ1) is 12.3. The van der Waals surface area contributed by atoms with E-state index in [1.54, 1.807) is 37.4 Å². The number of carbonyl (C=O) groups is 2. The summed E-state index contributed by atoms with van der Waals surface area (Å²) in [6.07, 6.45) is 0. The number of amides is 1. The molecule has 2 aromatic rings. The minimum Gasteiger partial charge on any atom is -0.497 e. The second-order valence-corrected chi connectivity index (χ2v) is 5.95. The number of carboxylic acid groups (broad SMARTS) is 1. The van der Waals surface area contributed by atoms with E-state index in [9.17, 15) is 19.1 Å². The fourth-order valence-corrected chi connectivity index (χ4v) is 2.42. The molecular formula is C19H20FNO5. The Hall–Kier alpha value is -2.93. The predicted molar refractivity (Wildman–Crippen MR) is 93.8 cm³/mol. The molecule has 7 heteroatoms. The molecule has 0 aliphatic carbocycles. The molecule has 0 aliphatic heterocycles. The third-order valence-electron chi connectivity index (χ3n) is 3.93. The van der Waals surface area contributed by atoms with E-state index in [0.717, 1.165) is 5.56 Å². The Labute approximate surface area is 150 Å². The van der Waals surface area contributed by atoms with Crippen LogP contribution in [-0.4, -0.2) is 43.3 Å². The summed E-state index contributed by atoms with van der Waals surface area (Å²) in [6.45, 7) is 1.04. The van der Waals surface area contributed by atoms with Crippen LogP contribution in [0.1, 0.15) is 17.3 Å². The fourth-order valence-electron chi connectivity index (χ4n) is 2.42. The quantitative estimate of drug-likeness (QED) is 0.792. The third kappa shape index (κ3) is 4.18. The molecule has 26 heavy (non-hydrogen) atoms. The van der Waals surface area contributed by atoms with Gasteiger partial charge in [0.2, 0.25) is 0 Å². The van der Waals surface area contributed by atoms with Crippen LogP contribution >= 0.6 is 0 Å². The Morgan fingerprint density at radius 3 is 2.23 bits per heavy atom. The minimum atomic E-state index is -1.66. The molecule has 0 aromatic heterocycles. The second-order valence-electron chi connectivity index (χ2n) is 5.95. The van der Waals surface area contributed by atoms with Crippen LogP contribution in [0.3, 0.4) is 0 Å². The van der Waals surface area contributed by atoms with Crippen molar-refractivity contribution in [2.24, 2.45) is 0 Å². The van der Waals surface area contributed by atoms with Gasteiger partial charge in [0, 0.05) is 7.11 Å². The van der Waals surface area contributed by atoms with E-state index in [2.05, 4.69) is 5.32 Å². The van der Waals surface area contributed by atoms with E-state index >= 15 is 0 Å². The number of ether oxygens (including phenoxy) is 2. The highest BCUT2D eigenvalue weighted by Gasteiger charge is 2.35. The Bertz CT molecular complexity index is 806. The molecule has 0 aliphatic rings. The van der Waals surface area contributed by atoms with Gasteiger partial charge in [0.05, 0.1) is 19.3 Å². The van der Waals surface area contributed by atoms with Gasteiger partial charge in [-0.05, 0) is 42.3 Å². The lowest BCUT2D eigenvalue weighted by Crippen LogP contribution is -2.55. The van der Waals surface area contributed by atoms with Crippen molar-refractivity contribution in [1.29, 1.82) is 0 Å². The summed E-state index contributed by atoms with van der Waals surface area (Å²) in [6, 6.07) is 11.2. The van der Waals surface area contributed by atoms with E-state index in [4.69, 9.17) is 9.47 Å². The van der Waals surface area contributed by atoms with Crippen LogP contribution in [-0.2, 0) is 9.53 Å². The van der Waals surface area contributed by atoms with E-state index in [0.29, 0.717) is 11.3 Å². The molecule has 2 aromatic carbocycles. The zero-order valence-corrected chi connectivity index (χ0v) is 14.7. The SMILES string of the molecule is COCC(C)(NC(=O)c1ccc(-c2ccc(OC)cc2)cc1F)C(=O)O. The van der Waals surface area contributed by atoms with Gasteiger partial charge in [0.25, 0.3) is 5.91 Å². The Morgan fingerprint density at radius 2 is 1.73 bits per heavy atom. The van der Waals surface area contributed by atoms with E-state index in [1.165, 1.54) is 26.2 Å². The van der Waals surface area contributed by atoms with Crippen LogP contribution in [0.25, 0.3) is 11.1 Å². The summed E-state index contributed by atoms with van der Waals surface area (Å²) in [5.41, 5.74) is -0.565. The number of nitrogens with one attached hydrogen (secondary N) is 1. The average Bonchev–Trinajstić information content (AvgIpc) is 2.61. The molecule has 2 N–H and O–H groups in total. The lowest BCUT2D eigenvalue weighted by atomic mass is 10.0. The van der Waals surface area contributed by atoms with Gasteiger partial charge in [-0.2, -0.15) is 0 Å². The average molecular weight is 361 g/mol. The molecule has 0 fully saturated rings. The summed E-state index contributed by atoms with van der Waals surface area (Å²) in [5.74, 6) is -2.18. The normalized spacial score (nSPS) is 12.9. The molecule has 1 unspecified atom stereocenters. The zero-order valence-electron chi connectivity index (χ0n) is 14.7. The first-order valence-corrected chi connectivity index (χ1v) is 7.79. The molecule has 0 spiro atoms. The van der Waals surface area contributed by atoms with Gasteiger partial charge in [-0.1, -0.05) is 18.2 Å². The Kier molecular flexibility index (Phi) is 5.94. The molecular weight excluding hydrogens is 341 g/mol. The van der Waals surface area contributed by atoms with Crippen molar-refractivity contribution in [3.63, 3.8) is 0 Å². The molecule has 0 bridgehead atoms. The number of halogens is 1. The third-order valence-corrected chi connectivity index (χ3v) is 3.93. The number of aliphatic carboxylic acids is 1. The smallest absolute Gasteiger partial charge is 0.331 e. The second kappa shape index (κ2) is 7.97. The van der Waals surface area contributed by atoms with Crippen molar-refractivity contribution in [3.8, 4) is 16.9 Å². The summed E-state index contributed by atoms with van der Waals surface area (Å²) in [7, 11) is 2.87. The van der Waals surface area contributed by atoms with Crippen molar-refractivity contribution in [1.82, 2.24) is 5.32 Å². The number of carboxylic acids is 1. The Morgan fingerprint density at radius 1 is 1.12 bits per heavy atom. The summed E-state index contributed by atoms with van der Waals surface area (Å²) >= 11 is 0. The number of benzene rings is 2. The van der Waals surface area contributed by atoms with Crippen molar-refractivity contribution in [2.45, 2.75) is 12.5 Å². The van der Waals surface area contributed by atoms with Gasteiger partial charge in [-0.15, -0.1) is 0 Å². The van der Waals surface area contributed by atoms with Crippen LogP contribution in [0.4, 0.5) is 4.39 Å². The standard InChI is InChI=1S/C19H20FNO5/c1-19(11-25-2,18(23)24)21-17(22)15-9-6-13(10-16(15)20)12-4-7-14(26-3)8-5-12/h4-10H,11H2,1-3H3,(H,21,22)(H,23,24). The lowest BCUT2D eigenvalue weighted by Gasteiger charge is -2.25. The maximum atomic E-state index is 14.4. The molecule has 1 atom stereocenters. The van der Waals surface area contributed by atoms with Crippen LogP contribution in [0, 0.1) is 5.82 Å². The molecule has 0 saturated heterocycles.